The Morgan fingerprint density at radius 1 is 0.853 bits per heavy atom. The number of hydrogen-bond donors (Lipinski definition) is 2. The van der Waals surface area contributed by atoms with Gasteiger partial charge in [-0.3, -0.25) is 9.59 Å². The summed E-state index contributed by atoms with van der Waals surface area (Å²) in [6.45, 7) is 3.77. The number of aryl methyl sites for hydroxylation is 2. The zero-order valence-electron chi connectivity index (χ0n) is 19.5. The molecule has 3 rings (SSSR count). The molecule has 0 atom stereocenters. The normalized spacial score (nSPS) is 11.8. The van der Waals surface area contributed by atoms with Crippen molar-refractivity contribution in [3.05, 3.63) is 95.1 Å². The Hall–Kier alpha value is -3.05. The predicted molar refractivity (Wildman–Crippen MR) is 132 cm³/mol. The SMILES string of the molecule is Cc1cc(COC(=O)C(C)(CO)CO)cc(C)c1C(=O)P(=O)(c1ccccc1)c1ccccc1. The van der Waals surface area contributed by atoms with Crippen LogP contribution in [0.25, 0.3) is 0 Å². The standard InChI is InChI=1S/C27H29O6P/c1-19-14-21(16-33-26(31)27(3,17-28)18-29)15-20(2)24(19)25(30)34(32,22-10-6-4-7-11-22)23-12-8-5-9-13-23/h4-15,28-29H,16-18H2,1-3H3. The lowest BCUT2D eigenvalue weighted by molar-refractivity contribution is -0.161. The number of carbonyl (C=O) groups excluding carboxylic acids is 2. The van der Waals surface area contributed by atoms with Crippen LogP contribution in [-0.2, 0) is 20.7 Å². The van der Waals surface area contributed by atoms with Gasteiger partial charge in [-0.2, -0.15) is 0 Å². The predicted octanol–water partition coefficient (Wildman–Crippen LogP) is 3.49. The maximum Gasteiger partial charge on any atom is 0.316 e. The molecule has 0 bridgehead atoms. The van der Waals surface area contributed by atoms with Crippen molar-refractivity contribution < 1.29 is 29.1 Å². The Kier molecular flexibility index (Phi) is 7.88. The van der Waals surface area contributed by atoms with Gasteiger partial charge >= 0.3 is 5.97 Å². The summed E-state index contributed by atoms with van der Waals surface area (Å²) >= 11 is 0. The minimum absolute atomic E-state index is 0.0837. The quantitative estimate of drug-likeness (QED) is 0.359. The van der Waals surface area contributed by atoms with Gasteiger partial charge in [0.25, 0.3) is 0 Å². The van der Waals surface area contributed by atoms with Crippen molar-refractivity contribution in [2.45, 2.75) is 27.4 Å². The lowest BCUT2D eigenvalue weighted by Crippen LogP contribution is -2.36. The number of aliphatic hydroxyl groups excluding tert-OH is 2. The molecule has 7 heteroatoms. The highest BCUT2D eigenvalue weighted by Crippen LogP contribution is 2.48. The third-order valence-corrected chi connectivity index (χ3v) is 8.74. The second-order valence-corrected chi connectivity index (χ2v) is 11.3. The van der Waals surface area contributed by atoms with Crippen LogP contribution in [0.5, 0.6) is 0 Å². The van der Waals surface area contributed by atoms with Crippen LogP contribution in [0.15, 0.2) is 72.8 Å². The van der Waals surface area contributed by atoms with Crippen LogP contribution >= 0.6 is 7.14 Å². The fraction of sp³-hybridized carbons (Fsp3) is 0.259. The molecule has 6 nitrogen and oxygen atoms in total. The molecule has 34 heavy (non-hydrogen) atoms. The number of ether oxygens (including phenoxy) is 1. The van der Waals surface area contributed by atoms with Crippen LogP contribution in [0.1, 0.15) is 34.0 Å². The summed E-state index contributed by atoms with van der Waals surface area (Å²) in [5, 5.41) is 19.7. The average Bonchev–Trinajstić information content (AvgIpc) is 2.86. The third-order valence-electron chi connectivity index (χ3n) is 5.89. The molecule has 0 aliphatic rings. The van der Waals surface area contributed by atoms with Crippen LogP contribution in [0, 0.1) is 19.3 Å². The van der Waals surface area contributed by atoms with E-state index in [1.165, 1.54) is 6.92 Å². The first kappa shape index (κ1) is 25.6. The van der Waals surface area contributed by atoms with Crippen molar-refractivity contribution in [2.24, 2.45) is 5.41 Å². The lowest BCUT2D eigenvalue weighted by Gasteiger charge is -2.23. The zero-order valence-corrected chi connectivity index (χ0v) is 20.4. The number of benzene rings is 3. The summed E-state index contributed by atoms with van der Waals surface area (Å²) in [7, 11) is -3.65. The zero-order chi connectivity index (χ0) is 24.9. The summed E-state index contributed by atoms with van der Waals surface area (Å²) in [6.07, 6.45) is 0. The Bertz CT molecular complexity index is 1150. The van der Waals surface area contributed by atoms with Gasteiger partial charge < -0.3 is 19.5 Å². The van der Waals surface area contributed by atoms with Crippen molar-refractivity contribution in [1.82, 2.24) is 0 Å². The Balaban J connectivity index is 1.98. The van der Waals surface area contributed by atoms with Gasteiger partial charge in [-0.15, -0.1) is 0 Å². The van der Waals surface area contributed by atoms with Gasteiger partial charge in [0.2, 0.25) is 12.7 Å². The van der Waals surface area contributed by atoms with Gasteiger partial charge in [-0.1, -0.05) is 72.8 Å². The minimum Gasteiger partial charge on any atom is -0.460 e. The van der Waals surface area contributed by atoms with E-state index in [1.54, 1.807) is 74.5 Å². The van der Waals surface area contributed by atoms with Crippen LogP contribution in [-0.4, -0.2) is 34.9 Å². The fourth-order valence-corrected chi connectivity index (χ4v) is 6.41. The van der Waals surface area contributed by atoms with Crippen molar-refractivity contribution in [2.75, 3.05) is 13.2 Å². The molecular weight excluding hydrogens is 451 g/mol. The Morgan fingerprint density at radius 2 is 1.29 bits per heavy atom. The highest BCUT2D eigenvalue weighted by Gasteiger charge is 2.38. The summed E-state index contributed by atoms with van der Waals surface area (Å²) in [4.78, 5) is 26.1. The smallest absolute Gasteiger partial charge is 0.316 e. The van der Waals surface area contributed by atoms with Crippen LogP contribution < -0.4 is 10.6 Å². The Morgan fingerprint density at radius 3 is 1.71 bits per heavy atom. The second kappa shape index (κ2) is 10.5. The molecule has 0 aliphatic heterocycles. The first-order chi connectivity index (χ1) is 16.2. The van der Waals surface area contributed by atoms with Gasteiger partial charge in [0.05, 0.1) is 13.2 Å². The fourth-order valence-electron chi connectivity index (χ4n) is 3.79. The van der Waals surface area contributed by atoms with E-state index < -0.39 is 37.3 Å². The number of carbonyl (C=O) groups is 2. The number of rotatable bonds is 9. The maximum absolute atomic E-state index is 14.4. The van der Waals surface area contributed by atoms with Crippen molar-refractivity contribution >= 4 is 29.2 Å². The summed E-state index contributed by atoms with van der Waals surface area (Å²) in [5.41, 5.74) is 0.425. The van der Waals surface area contributed by atoms with Gasteiger partial charge in [-0.05, 0) is 37.5 Å². The highest BCUT2D eigenvalue weighted by atomic mass is 31.2. The van der Waals surface area contributed by atoms with Gasteiger partial charge in [0, 0.05) is 16.2 Å². The van der Waals surface area contributed by atoms with Crippen molar-refractivity contribution in [3.8, 4) is 0 Å². The summed E-state index contributed by atoms with van der Waals surface area (Å²) in [6, 6.07) is 21.0. The largest absolute Gasteiger partial charge is 0.460 e. The van der Waals surface area contributed by atoms with Gasteiger partial charge in [0.15, 0.2) is 0 Å². The molecule has 3 aromatic rings. The first-order valence-corrected chi connectivity index (χ1v) is 12.6. The number of esters is 1. The minimum atomic E-state index is -3.65. The third kappa shape index (κ3) is 4.90. The molecule has 0 heterocycles. The van der Waals surface area contributed by atoms with E-state index in [1.807, 2.05) is 12.1 Å². The molecule has 2 N–H and O–H groups in total. The molecule has 0 aromatic heterocycles. The summed E-state index contributed by atoms with van der Waals surface area (Å²) < 4.78 is 19.7. The first-order valence-electron chi connectivity index (χ1n) is 10.9. The van der Waals surface area contributed by atoms with E-state index in [0.717, 1.165) is 0 Å². The van der Waals surface area contributed by atoms with E-state index >= 15 is 0 Å². The van der Waals surface area contributed by atoms with E-state index in [2.05, 4.69) is 0 Å². The van der Waals surface area contributed by atoms with Gasteiger partial charge in [-0.25, -0.2) is 0 Å². The summed E-state index contributed by atoms with van der Waals surface area (Å²) in [5.74, 6) is -0.717. The molecule has 0 saturated carbocycles. The topological polar surface area (TPSA) is 101 Å². The number of aliphatic hydroxyl groups is 2. The van der Waals surface area contributed by atoms with Crippen molar-refractivity contribution in [1.29, 1.82) is 0 Å². The maximum atomic E-state index is 14.4. The molecule has 0 spiro atoms. The van der Waals surface area contributed by atoms with Crippen LogP contribution in [0.3, 0.4) is 0 Å². The molecule has 0 amide bonds. The molecule has 0 unspecified atom stereocenters. The van der Waals surface area contributed by atoms with E-state index in [0.29, 0.717) is 32.9 Å². The number of hydrogen-bond acceptors (Lipinski definition) is 6. The second-order valence-electron chi connectivity index (χ2n) is 8.64. The highest BCUT2D eigenvalue weighted by molar-refractivity contribution is 7.93. The molecular formula is C27H29O6P. The molecule has 0 aliphatic carbocycles. The van der Waals surface area contributed by atoms with Crippen LogP contribution in [0.2, 0.25) is 0 Å². The van der Waals surface area contributed by atoms with E-state index in [9.17, 15) is 24.4 Å². The van der Waals surface area contributed by atoms with Crippen molar-refractivity contribution in [3.63, 3.8) is 0 Å². The lowest BCUT2D eigenvalue weighted by atomic mass is 9.93. The molecule has 178 valence electrons. The molecule has 3 aromatic carbocycles. The van der Waals surface area contributed by atoms with E-state index in [4.69, 9.17) is 4.74 Å². The molecule has 0 radical (unpaired) electrons. The van der Waals surface area contributed by atoms with Crippen LogP contribution in [0.4, 0.5) is 0 Å². The Labute approximate surface area is 199 Å². The van der Waals surface area contributed by atoms with E-state index in [-0.39, 0.29) is 6.61 Å². The molecule has 0 fully saturated rings. The molecule has 0 saturated heterocycles. The monoisotopic (exact) mass is 480 g/mol. The van der Waals surface area contributed by atoms with Gasteiger partial charge in [0.1, 0.15) is 12.0 Å². The average molecular weight is 480 g/mol.